The van der Waals surface area contributed by atoms with Crippen LogP contribution in [0.4, 0.5) is 0 Å². The Morgan fingerprint density at radius 1 is 1.28 bits per heavy atom. The van der Waals surface area contributed by atoms with Crippen molar-refractivity contribution >= 4 is 16.5 Å². The largest absolute Gasteiger partial charge is 0.456 e. The summed E-state index contributed by atoms with van der Waals surface area (Å²) in [6.07, 6.45) is 2.97. The number of furan rings is 1. The second-order valence-electron chi connectivity index (χ2n) is 5.38. The Kier molecular flexibility index (Phi) is 2.28. The van der Waals surface area contributed by atoms with Crippen LogP contribution in [0.25, 0.3) is 16.5 Å². The molecule has 3 rings (SSSR count). The molecule has 1 aromatic carbocycles. The number of fused-ring (bicyclic) bond motifs is 3. The van der Waals surface area contributed by atoms with E-state index in [-0.39, 0.29) is 5.41 Å². The Bertz CT molecular complexity index is 668. The summed E-state index contributed by atoms with van der Waals surface area (Å²) >= 11 is 0. The molecule has 0 radical (unpaired) electrons. The van der Waals surface area contributed by atoms with Crippen LogP contribution in [0, 0.1) is 0 Å². The van der Waals surface area contributed by atoms with E-state index in [4.69, 9.17) is 4.42 Å². The summed E-state index contributed by atoms with van der Waals surface area (Å²) in [4.78, 5) is 0. The number of hydrogen-bond acceptors (Lipinski definition) is 1. The first-order chi connectivity index (χ1) is 8.61. The average molecular weight is 238 g/mol. The number of benzene rings is 1. The summed E-state index contributed by atoms with van der Waals surface area (Å²) in [5.41, 5.74) is 4.96. The molecule has 18 heavy (non-hydrogen) atoms. The molecule has 0 fully saturated rings. The molecule has 2 aromatic rings. The number of allylic oxidation sites excluding steroid dienone is 3. The molecule has 0 atom stereocenters. The van der Waals surface area contributed by atoms with Gasteiger partial charge in [0.2, 0.25) is 0 Å². The highest BCUT2D eigenvalue weighted by Crippen LogP contribution is 2.51. The van der Waals surface area contributed by atoms with Crippen LogP contribution in [-0.2, 0) is 5.41 Å². The molecule has 1 heterocycles. The van der Waals surface area contributed by atoms with Crippen molar-refractivity contribution in [3.05, 3.63) is 53.8 Å². The second kappa shape index (κ2) is 3.61. The van der Waals surface area contributed by atoms with Crippen molar-refractivity contribution in [2.75, 3.05) is 0 Å². The smallest absolute Gasteiger partial charge is 0.139 e. The van der Waals surface area contributed by atoms with Gasteiger partial charge in [0.1, 0.15) is 11.3 Å². The van der Waals surface area contributed by atoms with Crippen molar-refractivity contribution in [3.63, 3.8) is 0 Å². The molecule has 1 aromatic heterocycles. The lowest BCUT2D eigenvalue weighted by molar-refractivity contribution is 0.580. The van der Waals surface area contributed by atoms with Gasteiger partial charge in [-0.2, -0.15) is 0 Å². The lowest BCUT2D eigenvalue weighted by atomic mass is 9.79. The zero-order chi connectivity index (χ0) is 12.9. The zero-order valence-corrected chi connectivity index (χ0v) is 11.2. The maximum absolute atomic E-state index is 6.05. The average Bonchev–Trinajstić information content (AvgIpc) is 2.82. The Morgan fingerprint density at radius 3 is 2.67 bits per heavy atom. The molecule has 0 N–H and O–H groups in total. The van der Waals surface area contributed by atoms with Crippen molar-refractivity contribution in [2.24, 2.45) is 0 Å². The third-order valence-corrected chi connectivity index (χ3v) is 4.10. The summed E-state index contributed by atoms with van der Waals surface area (Å²) < 4.78 is 6.05. The van der Waals surface area contributed by atoms with Gasteiger partial charge >= 0.3 is 0 Å². The SMILES string of the molecule is C=CC1=C(CC)C(C)(C)c2c1oc1ccccc21. The van der Waals surface area contributed by atoms with E-state index in [1.165, 1.54) is 22.1 Å². The molecule has 1 aliphatic carbocycles. The van der Waals surface area contributed by atoms with E-state index in [0.29, 0.717) is 0 Å². The Morgan fingerprint density at radius 2 is 2.00 bits per heavy atom. The third-order valence-electron chi connectivity index (χ3n) is 4.10. The number of para-hydroxylation sites is 1. The minimum Gasteiger partial charge on any atom is -0.456 e. The lowest BCUT2D eigenvalue weighted by Crippen LogP contribution is -2.16. The van der Waals surface area contributed by atoms with Crippen LogP contribution in [0.3, 0.4) is 0 Å². The highest BCUT2D eigenvalue weighted by atomic mass is 16.3. The molecule has 1 heteroatoms. The van der Waals surface area contributed by atoms with Crippen molar-refractivity contribution in [3.8, 4) is 0 Å². The van der Waals surface area contributed by atoms with E-state index in [1.807, 2.05) is 18.2 Å². The van der Waals surface area contributed by atoms with E-state index < -0.39 is 0 Å². The Hall–Kier alpha value is -1.76. The van der Waals surface area contributed by atoms with Gasteiger partial charge in [-0.3, -0.25) is 0 Å². The summed E-state index contributed by atoms with van der Waals surface area (Å²) in [6, 6.07) is 8.28. The molecule has 1 aliphatic rings. The molecular formula is C17H18O. The van der Waals surface area contributed by atoms with Crippen molar-refractivity contribution in [2.45, 2.75) is 32.6 Å². The molecule has 0 unspecified atom stereocenters. The summed E-state index contributed by atoms with van der Waals surface area (Å²) in [5, 5.41) is 1.24. The van der Waals surface area contributed by atoms with Gasteiger partial charge in [-0.1, -0.05) is 51.6 Å². The molecule has 0 spiro atoms. The fraction of sp³-hybridized carbons (Fsp3) is 0.294. The van der Waals surface area contributed by atoms with E-state index in [9.17, 15) is 0 Å². The number of hydrogen-bond donors (Lipinski definition) is 0. The van der Waals surface area contributed by atoms with Gasteiger partial charge in [-0.25, -0.2) is 0 Å². The van der Waals surface area contributed by atoms with E-state index >= 15 is 0 Å². The minimum absolute atomic E-state index is 0.0419. The van der Waals surface area contributed by atoms with Crippen LogP contribution in [0.2, 0.25) is 0 Å². The molecule has 0 aliphatic heterocycles. The summed E-state index contributed by atoms with van der Waals surface area (Å²) in [6.45, 7) is 10.7. The van der Waals surface area contributed by atoms with Crippen LogP contribution in [-0.4, -0.2) is 0 Å². The topological polar surface area (TPSA) is 13.1 Å². The van der Waals surface area contributed by atoms with Gasteiger partial charge < -0.3 is 4.42 Å². The van der Waals surface area contributed by atoms with Crippen LogP contribution < -0.4 is 0 Å². The summed E-state index contributed by atoms with van der Waals surface area (Å²) in [5.74, 6) is 1.02. The standard InChI is InChI=1S/C17H18O/c1-5-11-13(6-2)17(3,4)15-12-9-7-8-10-14(12)18-16(11)15/h5,7-10H,1,6H2,2-4H3. The molecular weight excluding hydrogens is 220 g/mol. The van der Waals surface area contributed by atoms with E-state index in [2.05, 4.69) is 39.5 Å². The van der Waals surface area contributed by atoms with Crippen LogP contribution in [0.5, 0.6) is 0 Å². The van der Waals surface area contributed by atoms with E-state index in [1.54, 1.807) is 0 Å². The quantitative estimate of drug-likeness (QED) is 0.711. The van der Waals surface area contributed by atoms with E-state index in [0.717, 1.165) is 17.8 Å². The predicted molar refractivity (Wildman–Crippen MR) is 76.6 cm³/mol. The third kappa shape index (κ3) is 1.22. The first-order valence-corrected chi connectivity index (χ1v) is 6.49. The fourth-order valence-corrected chi connectivity index (χ4v) is 3.33. The normalized spacial score (nSPS) is 17.3. The highest BCUT2D eigenvalue weighted by molar-refractivity contribution is 5.95. The van der Waals surface area contributed by atoms with Crippen molar-refractivity contribution in [1.29, 1.82) is 0 Å². The van der Waals surface area contributed by atoms with Crippen molar-refractivity contribution < 1.29 is 4.42 Å². The molecule has 0 saturated heterocycles. The minimum atomic E-state index is 0.0419. The first kappa shape index (κ1) is 11.3. The Balaban J connectivity index is 2.42. The fourth-order valence-electron chi connectivity index (χ4n) is 3.33. The summed E-state index contributed by atoms with van der Waals surface area (Å²) in [7, 11) is 0. The van der Waals surface area contributed by atoms with Crippen LogP contribution in [0.15, 0.2) is 46.9 Å². The molecule has 1 nitrogen and oxygen atoms in total. The van der Waals surface area contributed by atoms with Gasteiger partial charge in [-0.15, -0.1) is 0 Å². The van der Waals surface area contributed by atoms with Gasteiger partial charge in [0, 0.05) is 21.9 Å². The van der Waals surface area contributed by atoms with Gasteiger partial charge in [0.25, 0.3) is 0 Å². The lowest BCUT2D eigenvalue weighted by Gasteiger charge is -2.23. The zero-order valence-electron chi connectivity index (χ0n) is 11.2. The van der Waals surface area contributed by atoms with Crippen molar-refractivity contribution in [1.82, 2.24) is 0 Å². The highest BCUT2D eigenvalue weighted by Gasteiger charge is 2.40. The molecule has 0 saturated carbocycles. The molecule has 0 bridgehead atoms. The Labute approximate surface area is 108 Å². The van der Waals surface area contributed by atoms with Crippen LogP contribution >= 0.6 is 0 Å². The monoisotopic (exact) mass is 238 g/mol. The second-order valence-corrected chi connectivity index (χ2v) is 5.38. The number of rotatable bonds is 2. The molecule has 92 valence electrons. The van der Waals surface area contributed by atoms with Gasteiger partial charge in [-0.05, 0) is 18.1 Å². The van der Waals surface area contributed by atoms with Gasteiger partial charge in [0.05, 0.1) is 0 Å². The van der Waals surface area contributed by atoms with Crippen LogP contribution in [0.1, 0.15) is 38.5 Å². The molecule has 0 amide bonds. The maximum Gasteiger partial charge on any atom is 0.139 e. The predicted octanol–water partition coefficient (Wildman–Crippen LogP) is 5.07. The van der Waals surface area contributed by atoms with Gasteiger partial charge in [0.15, 0.2) is 0 Å². The first-order valence-electron chi connectivity index (χ1n) is 6.49. The maximum atomic E-state index is 6.05.